The van der Waals surface area contributed by atoms with Crippen LogP contribution < -0.4 is 5.32 Å². The Morgan fingerprint density at radius 1 is 0.435 bits per heavy atom. The van der Waals surface area contributed by atoms with Crippen LogP contribution in [0.3, 0.4) is 0 Å². The molecule has 62 heavy (non-hydrogen) atoms. The average Bonchev–Trinajstić information content (AvgIpc) is 3.27. The maximum atomic E-state index is 12.5. The molecule has 368 valence electrons. The van der Waals surface area contributed by atoms with Crippen molar-refractivity contribution in [2.24, 2.45) is 0 Å². The van der Waals surface area contributed by atoms with Crippen LogP contribution in [0.5, 0.6) is 0 Å². The summed E-state index contributed by atoms with van der Waals surface area (Å²) in [6.07, 6.45) is 60.4. The number of rotatable bonds is 52. The molecule has 0 saturated carbocycles. The van der Waals surface area contributed by atoms with Crippen molar-refractivity contribution in [3.63, 3.8) is 0 Å². The van der Waals surface area contributed by atoms with Gasteiger partial charge in [-0.25, -0.2) is 0 Å². The van der Waals surface area contributed by atoms with Crippen LogP contribution in [0, 0.1) is 0 Å². The third-order valence-corrected chi connectivity index (χ3v) is 13.1. The van der Waals surface area contributed by atoms with E-state index in [1.54, 1.807) is 0 Å². The number of ether oxygens (including phenoxy) is 1. The average molecular weight is 876 g/mol. The number of amides is 1. The van der Waals surface area contributed by atoms with Gasteiger partial charge >= 0.3 is 5.97 Å². The van der Waals surface area contributed by atoms with Crippen molar-refractivity contribution >= 4 is 11.9 Å². The molecule has 0 aliphatic heterocycles. The summed E-state index contributed by atoms with van der Waals surface area (Å²) < 4.78 is 5.47. The number of hydrogen-bond acceptors (Lipinski definition) is 5. The number of carbonyl (C=O) groups is 2. The lowest BCUT2D eigenvalue weighted by Crippen LogP contribution is -2.45. The Kier molecular flexibility index (Phi) is 51.0. The fourth-order valence-corrected chi connectivity index (χ4v) is 8.75. The first-order valence-corrected chi connectivity index (χ1v) is 27.9. The van der Waals surface area contributed by atoms with Crippen LogP contribution in [0.1, 0.15) is 309 Å². The second-order valence-electron chi connectivity index (χ2n) is 19.3. The van der Waals surface area contributed by atoms with Crippen LogP contribution in [0.2, 0.25) is 0 Å². The maximum absolute atomic E-state index is 12.5. The Hall–Kier alpha value is -1.40. The van der Waals surface area contributed by atoms with Crippen LogP contribution in [0.25, 0.3) is 0 Å². The molecule has 0 aromatic rings. The van der Waals surface area contributed by atoms with E-state index in [4.69, 9.17) is 4.74 Å². The Morgan fingerprint density at radius 2 is 0.758 bits per heavy atom. The van der Waals surface area contributed by atoms with Gasteiger partial charge in [0, 0.05) is 12.8 Å². The zero-order valence-electron chi connectivity index (χ0n) is 41.9. The summed E-state index contributed by atoms with van der Waals surface area (Å²) in [7, 11) is 0. The standard InChI is InChI=1S/C56H109NO5/c1-3-5-7-9-11-13-15-17-19-21-22-23-25-27-29-34-38-42-46-50-56(61)62-51-47-43-39-35-31-30-33-37-41-45-49-55(60)57-53(52-58)54(59)48-44-40-36-32-28-26-24-20-18-16-14-12-10-8-6-4-2/h17,19,53-54,58-59H,3-16,18,20-52H2,1-2H3,(H,57,60)/b19-17-. The second-order valence-corrected chi connectivity index (χ2v) is 19.3. The molecule has 0 aliphatic rings. The summed E-state index contributed by atoms with van der Waals surface area (Å²) in [6.45, 7) is 4.91. The number of aliphatic hydroxyl groups is 2. The Bertz CT molecular complexity index is 924. The molecule has 0 aromatic heterocycles. The van der Waals surface area contributed by atoms with Gasteiger partial charge < -0.3 is 20.3 Å². The van der Waals surface area contributed by atoms with E-state index >= 15 is 0 Å². The highest BCUT2D eigenvalue weighted by molar-refractivity contribution is 5.76. The molecule has 0 aromatic carbocycles. The van der Waals surface area contributed by atoms with Gasteiger partial charge in [-0.1, -0.05) is 257 Å². The number of unbranched alkanes of at least 4 members (excludes halogenated alkanes) is 39. The number of esters is 1. The van der Waals surface area contributed by atoms with Gasteiger partial charge in [0.05, 0.1) is 25.4 Å². The Morgan fingerprint density at radius 3 is 1.15 bits per heavy atom. The van der Waals surface area contributed by atoms with Gasteiger partial charge in [0.1, 0.15) is 0 Å². The van der Waals surface area contributed by atoms with E-state index in [1.165, 1.54) is 218 Å². The first-order chi connectivity index (χ1) is 30.5. The lowest BCUT2D eigenvalue weighted by Gasteiger charge is -2.22. The van der Waals surface area contributed by atoms with E-state index < -0.39 is 12.1 Å². The van der Waals surface area contributed by atoms with E-state index in [1.807, 2.05) is 0 Å². The smallest absolute Gasteiger partial charge is 0.305 e. The highest BCUT2D eigenvalue weighted by Gasteiger charge is 2.20. The SMILES string of the molecule is CCCCCCCC/C=C\CCCCCCCCCCCC(=O)OCCCCCCCCCCCCC(=O)NC(CO)C(O)CCCCCCCCCCCCCCCCCC. The van der Waals surface area contributed by atoms with E-state index in [2.05, 4.69) is 31.3 Å². The van der Waals surface area contributed by atoms with Gasteiger partial charge in [-0.15, -0.1) is 0 Å². The van der Waals surface area contributed by atoms with Gasteiger partial charge in [0.2, 0.25) is 5.91 Å². The second kappa shape index (κ2) is 52.2. The van der Waals surface area contributed by atoms with Crippen molar-refractivity contribution in [2.75, 3.05) is 13.2 Å². The van der Waals surface area contributed by atoms with E-state index in [0.717, 1.165) is 57.8 Å². The molecule has 2 unspecified atom stereocenters. The predicted octanol–water partition coefficient (Wildman–Crippen LogP) is 16.9. The minimum absolute atomic E-state index is 0.0185. The van der Waals surface area contributed by atoms with E-state index in [0.29, 0.717) is 25.9 Å². The lowest BCUT2D eigenvalue weighted by atomic mass is 10.0. The summed E-state index contributed by atoms with van der Waals surface area (Å²) in [5.41, 5.74) is 0. The minimum Gasteiger partial charge on any atom is -0.466 e. The van der Waals surface area contributed by atoms with Crippen molar-refractivity contribution in [3.05, 3.63) is 12.2 Å². The van der Waals surface area contributed by atoms with Crippen molar-refractivity contribution in [2.45, 2.75) is 321 Å². The zero-order chi connectivity index (χ0) is 45.1. The number of hydrogen-bond donors (Lipinski definition) is 3. The van der Waals surface area contributed by atoms with Crippen LogP contribution in [-0.4, -0.2) is 47.4 Å². The fraction of sp³-hybridized carbons (Fsp3) is 0.929. The van der Waals surface area contributed by atoms with Gasteiger partial charge in [0.15, 0.2) is 0 Å². The molecule has 0 rings (SSSR count). The number of nitrogens with one attached hydrogen (secondary N) is 1. The number of aliphatic hydroxyl groups excluding tert-OH is 2. The monoisotopic (exact) mass is 876 g/mol. The lowest BCUT2D eigenvalue weighted by molar-refractivity contribution is -0.143. The number of allylic oxidation sites excluding steroid dienone is 2. The molecular weight excluding hydrogens is 767 g/mol. The molecule has 1 amide bonds. The quantitative estimate of drug-likeness (QED) is 0.0321. The molecule has 0 bridgehead atoms. The van der Waals surface area contributed by atoms with Gasteiger partial charge in [-0.2, -0.15) is 0 Å². The summed E-state index contributed by atoms with van der Waals surface area (Å²) >= 11 is 0. The molecule has 0 saturated heterocycles. The predicted molar refractivity (Wildman–Crippen MR) is 269 cm³/mol. The summed E-state index contributed by atoms with van der Waals surface area (Å²) in [6, 6.07) is -0.558. The Balaban J connectivity index is 3.45. The van der Waals surface area contributed by atoms with Crippen molar-refractivity contribution in [1.82, 2.24) is 5.32 Å². The number of carbonyl (C=O) groups excluding carboxylic acids is 2. The topological polar surface area (TPSA) is 95.9 Å². The third-order valence-electron chi connectivity index (χ3n) is 13.1. The molecule has 2 atom stereocenters. The van der Waals surface area contributed by atoms with Crippen molar-refractivity contribution in [1.29, 1.82) is 0 Å². The molecule has 0 spiro atoms. The highest BCUT2D eigenvalue weighted by atomic mass is 16.5. The van der Waals surface area contributed by atoms with Crippen LogP contribution in [0.15, 0.2) is 12.2 Å². The highest BCUT2D eigenvalue weighted by Crippen LogP contribution is 2.17. The van der Waals surface area contributed by atoms with Crippen molar-refractivity contribution < 1.29 is 24.5 Å². The molecule has 0 fully saturated rings. The maximum Gasteiger partial charge on any atom is 0.305 e. The van der Waals surface area contributed by atoms with Crippen LogP contribution in [-0.2, 0) is 14.3 Å². The van der Waals surface area contributed by atoms with Crippen molar-refractivity contribution in [3.8, 4) is 0 Å². The van der Waals surface area contributed by atoms with Gasteiger partial charge in [-0.3, -0.25) is 9.59 Å². The van der Waals surface area contributed by atoms with Gasteiger partial charge in [-0.05, 0) is 51.4 Å². The summed E-state index contributed by atoms with van der Waals surface area (Å²) in [4.78, 5) is 24.6. The van der Waals surface area contributed by atoms with E-state index in [-0.39, 0.29) is 18.5 Å². The molecular formula is C56H109NO5. The molecule has 6 nitrogen and oxygen atoms in total. The minimum atomic E-state index is -0.678. The molecule has 0 aliphatic carbocycles. The zero-order valence-corrected chi connectivity index (χ0v) is 41.9. The normalized spacial score (nSPS) is 12.6. The first-order valence-electron chi connectivity index (χ1n) is 27.9. The van der Waals surface area contributed by atoms with Gasteiger partial charge in [0.25, 0.3) is 0 Å². The first kappa shape index (κ1) is 60.6. The molecule has 0 heterocycles. The van der Waals surface area contributed by atoms with E-state index in [9.17, 15) is 19.8 Å². The Labute approximate surface area is 387 Å². The van der Waals surface area contributed by atoms with Crippen LogP contribution >= 0.6 is 0 Å². The summed E-state index contributed by atoms with van der Waals surface area (Å²) in [5, 5.41) is 23.3. The largest absolute Gasteiger partial charge is 0.466 e. The molecule has 0 radical (unpaired) electrons. The fourth-order valence-electron chi connectivity index (χ4n) is 8.75. The molecule has 3 N–H and O–H groups in total. The molecule has 6 heteroatoms. The van der Waals surface area contributed by atoms with Crippen LogP contribution in [0.4, 0.5) is 0 Å². The third kappa shape index (κ3) is 48.1. The summed E-state index contributed by atoms with van der Waals surface area (Å²) in [5.74, 6) is -0.0740.